The smallest absolute Gasteiger partial charge is 0.197 e. The van der Waals surface area contributed by atoms with Crippen molar-refractivity contribution >= 4 is 11.0 Å². The van der Waals surface area contributed by atoms with E-state index in [0.717, 1.165) is 42.9 Å². The molecule has 0 atom stereocenters. The summed E-state index contributed by atoms with van der Waals surface area (Å²) in [5.41, 5.74) is 4.07. The predicted octanol–water partition coefficient (Wildman–Crippen LogP) is 3.87. The molecule has 0 unspecified atom stereocenters. The number of fused-ring (bicyclic) bond motifs is 1. The van der Waals surface area contributed by atoms with Gasteiger partial charge < -0.3 is 8.98 Å². The number of H-pyrrole nitrogens is 1. The van der Waals surface area contributed by atoms with E-state index in [4.69, 9.17) is 4.42 Å². The van der Waals surface area contributed by atoms with Crippen molar-refractivity contribution in [2.45, 2.75) is 26.1 Å². The molecule has 0 radical (unpaired) electrons. The normalized spacial score (nSPS) is 11.4. The van der Waals surface area contributed by atoms with E-state index in [-0.39, 0.29) is 5.43 Å². The summed E-state index contributed by atoms with van der Waals surface area (Å²) in [5.74, 6) is 0. The lowest BCUT2D eigenvalue weighted by Gasteiger charge is -2.22. The summed E-state index contributed by atoms with van der Waals surface area (Å²) in [4.78, 5) is 23.7. The first-order valence-electron chi connectivity index (χ1n) is 10.9. The van der Waals surface area contributed by atoms with Gasteiger partial charge in [-0.1, -0.05) is 6.07 Å². The van der Waals surface area contributed by atoms with Crippen LogP contribution in [0.15, 0.2) is 89.2 Å². The summed E-state index contributed by atoms with van der Waals surface area (Å²) in [5, 5.41) is 7.58. The second kappa shape index (κ2) is 9.62. The largest absolute Gasteiger partial charge is 0.464 e. The van der Waals surface area contributed by atoms with Gasteiger partial charge in [-0.15, -0.1) is 0 Å². The van der Waals surface area contributed by atoms with Crippen LogP contribution < -0.4 is 5.43 Å². The van der Waals surface area contributed by atoms with E-state index in [1.54, 1.807) is 31.1 Å². The van der Waals surface area contributed by atoms with Gasteiger partial charge in [0.05, 0.1) is 23.7 Å². The summed E-state index contributed by atoms with van der Waals surface area (Å²) in [7, 11) is 0. The van der Waals surface area contributed by atoms with Crippen LogP contribution in [0.25, 0.3) is 22.2 Å². The fourth-order valence-corrected chi connectivity index (χ4v) is 3.96. The number of imidazole rings is 1. The Labute approximate surface area is 190 Å². The van der Waals surface area contributed by atoms with Crippen LogP contribution in [0.2, 0.25) is 0 Å². The van der Waals surface area contributed by atoms with E-state index >= 15 is 0 Å². The molecule has 5 aromatic rings. The number of hydrogen-bond donors (Lipinski definition) is 1. The summed E-state index contributed by atoms with van der Waals surface area (Å²) in [6.07, 6.45) is 13.4. The highest BCUT2D eigenvalue weighted by atomic mass is 16.3. The number of aromatic amines is 1. The molecule has 0 aliphatic rings. The Bertz CT molecular complexity index is 1360. The molecule has 33 heavy (non-hydrogen) atoms. The van der Waals surface area contributed by atoms with E-state index in [9.17, 15) is 4.79 Å². The van der Waals surface area contributed by atoms with Gasteiger partial charge in [-0.2, -0.15) is 5.10 Å². The topological polar surface area (TPSA) is 92.8 Å². The van der Waals surface area contributed by atoms with E-state index in [2.05, 4.69) is 29.6 Å². The predicted molar refractivity (Wildman–Crippen MR) is 125 cm³/mol. The molecule has 8 nitrogen and oxygen atoms in total. The molecule has 0 saturated carbocycles. The van der Waals surface area contributed by atoms with Crippen LogP contribution in [0, 0.1) is 0 Å². The van der Waals surface area contributed by atoms with Crippen LogP contribution in [0.5, 0.6) is 0 Å². The van der Waals surface area contributed by atoms with Crippen molar-refractivity contribution in [3.63, 3.8) is 0 Å². The van der Waals surface area contributed by atoms with Crippen molar-refractivity contribution in [2.24, 2.45) is 0 Å². The molecule has 1 N–H and O–H groups in total. The van der Waals surface area contributed by atoms with Crippen LogP contribution in [-0.2, 0) is 19.6 Å². The van der Waals surface area contributed by atoms with Crippen LogP contribution in [0.4, 0.5) is 0 Å². The summed E-state index contributed by atoms with van der Waals surface area (Å²) >= 11 is 0. The van der Waals surface area contributed by atoms with Crippen LogP contribution >= 0.6 is 0 Å². The minimum Gasteiger partial charge on any atom is -0.464 e. The second-order valence-corrected chi connectivity index (χ2v) is 7.98. The zero-order valence-electron chi connectivity index (χ0n) is 18.1. The Kier molecular flexibility index (Phi) is 6.08. The molecule has 0 saturated heterocycles. The van der Waals surface area contributed by atoms with Gasteiger partial charge in [0, 0.05) is 68.3 Å². The van der Waals surface area contributed by atoms with Gasteiger partial charge in [0.25, 0.3) is 0 Å². The van der Waals surface area contributed by atoms with Crippen molar-refractivity contribution in [3.8, 4) is 11.3 Å². The highest BCUT2D eigenvalue weighted by molar-refractivity contribution is 5.82. The van der Waals surface area contributed by atoms with E-state index in [1.807, 2.05) is 48.9 Å². The van der Waals surface area contributed by atoms with E-state index in [0.29, 0.717) is 23.1 Å². The molecule has 0 fully saturated rings. The highest BCUT2D eigenvalue weighted by Gasteiger charge is 2.14. The Balaban J connectivity index is 1.37. The summed E-state index contributed by atoms with van der Waals surface area (Å²) in [6.45, 7) is 2.93. The lowest BCUT2D eigenvalue weighted by atomic mass is 10.1. The van der Waals surface area contributed by atoms with Gasteiger partial charge in [-0.3, -0.25) is 19.8 Å². The third-order valence-corrected chi connectivity index (χ3v) is 5.64. The number of nitrogens with zero attached hydrogens (tertiary/aromatic N) is 5. The average Bonchev–Trinajstić information content (AvgIpc) is 3.56. The van der Waals surface area contributed by atoms with Crippen LogP contribution in [0.1, 0.15) is 17.5 Å². The third-order valence-electron chi connectivity index (χ3n) is 5.64. The molecule has 0 aliphatic heterocycles. The number of nitrogens with one attached hydrogen (secondary N) is 1. The van der Waals surface area contributed by atoms with Gasteiger partial charge in [0.2, 0.25) is 0 Å². The van der Waals surface area contributed by atoms with Gasteiger partial charge in [-0.25, -0.2) is 4.98 Å². The number of hydrogen-bond acceptors (Lipinski definition) is 6. The molecule has 166 valence electrons. The Hall–Kier alpha value is -4.04. The number of aromatic nitrogens is 5. The van der Waals surface area contributed by atoms with Gasteiger partial charge in [0.15, 0.2) is 5.43 Å². The molecule has 0 bridgehead atoms. The first kappa shape index (κ1) is 20.8. The fraction of sp³-hybridized carbons (Fsp3) is 0.200. The van der Waals surface area contributed by atoms with Crippen molar-refractivity contribution in [2.75, 3.05) is 6.54 Å². The number of rotatable bonds is 9. The first-order valence-corrected chi connectivity index (χ1v) is 10.9. The van der Waals surface area contributed by atoms with Crippen molar-refractivity contribution in [1.29, 1.82) is 0 Å². The maximum Gasteiger partial charge on any atom is 0.197 e. The maximum absolute atomic E-state index is 13.2. The molecule has 1 aromatic carbocycles. The van der Waals surface area contributed by atoms with Crippen molar-refractivity contribution < 1.29 is 4.42 Å². The molecular weight excluding hydrogens is 416 g/mol. The maximum atomic E-state index is 13.2. The molecule has 5 rings (SSSR count). The quantitative estimate of drug-likeness (QED) is 0.374. The van der Waals surface area contributed by atoms with Crippen LogP contribution in [-0.4, -0.2) is 36.2 Å². The Morgan fingerprint density at radius 1 is 1.03 bits per heavy atom. The number of aryl methyl sites for hydroxylation is 1. The number of benzene rings is 1. The number of pyridine rings is 1. The molecule has 8 heteroatoms. The standard InChI is InChI=1S/C25H24N6O2/c32-25-21(17-33-24-14-20(2-3-22(24)25)23-6-9-28-29-23)16-31(15-19-4-7-26-8-5-19)12-1-11-30-13-10-27-18-30/h2-10,13-14,17-18H,1,11-12,15-16H2,(H,28,29). The van der Waals surface area contributed by atoms with Crippen LogP contribution in [0.3, 0.4) is 0 Å². The zero-order valence-corrected chi connectivity index (χ0v) is 18.1. The summed E-state index contributed by atoms with van der Waals surface area (Å²) in [6, 6.07) is 11.5. The minimum absolute atomic E-state index is 0.000772. The molecular formula is C25H24N6O2. The summed E-state index contributed by atoms with van der Waals surface area (Å²) < 4.78 is 7.95. The lowest BCUT2D eigenvalue weighted by molar-refractivity contribution is 0.246. The highest BCUT2D eigenvalue weighted by Crippen LogP contribution is 2.22. The van der Waals surface area contributed by atoms with E-state index in [1.165, 1.54) is 0 Å². The lowest BCUT2D eigenvalue weighted by Crippen LogP contribution is -2.27. The van der Waals surface area contributed by atoms with Crippen molar-refractivity contribution in [3.05, 3.63) is 101 Å². The Morgan fingerprint density at radius 3 is 2.73 bits per heavy atom. The first-order chi connectivity index (χ1) is 16.3. The molecule has 0 aliphatic carbocycles. The monoisotopic (exact) mass is 440 g/mol. The van der Waals surface area contributed by atoms with Gasteiger partial charge >= 0.3 is 0 Å². The third kappa shape index (κ3) is 4.91. The van der Waals surface area contributed by atoms with Crippen molar-refractivity contribution in [1.82, 2.24) is 29.6 Å². The second-order valence-electron chi connectivity index (χ2n) is 7.98. The molecule has 4 aromatic heterocycles. The SMILES string of the molecule is O=c1c(CN(CCCn2ccnc2)Cc2ccncc2)coc2cc(-c3cc[nH]n3)ccc12. The molecule has 0 spiro atoms. The minimum atomic E-state index is -0.000772. The van der Waals surface area contributed by atoms with Gasteiger partial charge in [-0.05, 0) is 42.3 Å². The van der Waals surface area contributed by atoms with E-state index < -0.39 is 0 Å². The zero-order chi connectivity index (χ0) is 22.5. The Morgan fingerprint density at radius 2 is 1.94 bits per heavy atom. The van der Waals surface area contributed by atoms with Gasteiger partial charge in [0.1, 0.15) is 5.58 Å². The fourth-order valence-electron chi connectivity index (χ4n) is 3.96. The molecule has 4 heterocycles. The average molecular weight is 441 g/mol. The molecule has 0 amide bonds.